The van der Waals surface area contributed by atoms with Gasteiger partial charge in [0.25, 0.3) is 5.88 Å². The summed E-state index contributed by atoms with van der Waals surface area (Å²) in [5.41, 5.74) is 0.127. The summed E-state index contributed by atoms with van der Waals surface area (Å²) in [6, 6.07) is 1.76. The van der Waals surface area contributed by atoms with Gasteiger partial charge in [0.05, 0.1) is 18.8 Å². The van der Waals surface area contributed by atoms with Crippen LogP contribution in [0.1, 0.15) is 45.2 Å². The number of halogens is 1. The maximum atomic E-state index is 15.4. The summed E-state index contributed by atoms with van der Waals surface area (Å²) in [7, 11) is 0. The highest BCUT2D eigenvalue weighted by Gasteiger charge is 2.45. The summed E-state index contributed by atoms with van der Waals surface area (Å²) in [6.45, 7) is 6.21. The topological polar surface area (TPSA) is 137 Å². The van der Waals surface area contributed by atoms with Crippen LogP contribution in [0.25, 0.3) is 0 Å². The number of aliphatic hydroxyl groups excluding tert-OH is 1. The Kier molecular flexibility index (Phi) is 6.11. The molecule has 1 saturated heterocycles. The zero-order valence-corrected chi connectivity index (χ0v) is 19.7. The highest BCUT2D eigenvalue weighted by molar-refractivity contribution is 5.56. The molecule has 3 fully saturated rings. The SMILES string of the molecule is Cc1cc(Nc2nc(NC3C(C)CC4CC3CC(C)(O)C4)nc(OC3COCC3O)c2F)n[nH]1. The molecule has 0 radical (unpaired) electrons. The van der Waals surface area contributed by atoms with Gasteiger partial charge >= 0.3 is 0 Å². The van der Waals surface area contributed by atoms with Crippen LogP contribution in [-0.2, 0) is 4.74 Å². The Balaban J connectivity index is 1.44. The lowest BCUT2D eigenvalue weighted by Crippen LogP contribution is -2.50. The van der Waals surface area contributed by atoms with E-state index in [2.05, 4.69) is 37.7 Å². The van der Waals surface area contributed by atoms with E-state index in [1.807, 2.05) is 13.8 Å². The van der Waals surface area contributed by atoms with Gasteiger partial charge in [-0.25, -0.2) is 0 Å². The molecule has 0 aromatic carbocycles. The molecule has 7 unspecified atom stereocenters. The molecule has 34 heavy (non-hydrogen) atoms. The van der Waals surface area contributed by atoms with Crippen LogP contribution in [0.2, 0.25) is 0 Å². The van der Waals surface area contributed by atoms with Crippen LogP contribution in [-0.4, -0.2) is 67.4 Å². The number of nitrogens with one attached hydrogen (secondary N) is 3. The van der Waals surface area contributed by atoms with Gasteiger partial charge in [-0.1, -0.05) is 6.92 Å². The van der Waals surface area contributed by atoms with E-state index in [0.717, 1.165) is 25.0 Å². The number of hydrogen-bond donors (Lipinski definition) is 5. The second-order valence-electron chi connectivity index (χ2n) is 10.5. The highest BCUT2D eigenvalue weighted by atomic mass is 19.1. The number of ether oxygens (including phenoxy) is 2. The molecule has 2 aromatic heterocycles. The van der Waals surface area contributed by atoms with Gasteiger partial charge in [-0.05, 0) is 57.3 Å². The van der Waals surface area contributed by atoms with Crippen LogP contribution in [0.4, 0.5) is 22.0 Å². The van der Waals surface area contributed by atoms with Crippen LogP contribution in [0, 0.1) is 30.5 Å². The summed E-state index contributed by atoms with van der Waals surface area (Å²) >= 11 is 0. The van der Waals surface area contributed by atoms with Crippen molar-refractivity contribution in [1.29, 1.82) is 0 Å². The third-order valence-electron chi connectivity index (χ3n) is 7.22. The first-order chi connectivity index (χ1) is 16.2. The van der Waals surface area contributed by atoms with Gasteiger partial charge in [0.1, 0.15) is 6.10 Å². The number of aromatic nitrogens is 4. The Morgan fingerprint density at radius 3 is 2.79 bits per heavy atom. The van der Waals surface area contributed by atoms with Gasteiger partial charge in [0.15, 0.2) is 17.7 Å². The van der Waals surface area contributed by atoms with E-state index in [9.17, 15) is 10.2 Å². The van der Waals surface area contributed by atoms with Crippen LogP contribution in [0.5, 0.6) is 5.88 Å². The fourth-order valence-electron chi connectivity index (χ4n) is 5.90. The van der Waals surface area contributed by atoms with Gasteiger partial charge in [0.2, 0.25) is 11.8 Å². The van der Waals surface area contributed by atoms with Gasteiger partial charge < -0.3 is 30.3 Å². The van der Waals surface area contributed by atoms with Crippen molar-refractivity contribution in [2.75, 3.05) is 23.8 Å². The second kappa shape index (κ2) is 8.94. The number of aryl methyl sites for hydroxylation is 1. The Hall–Kier alpha value is -2.50. The van der Waals surface area contributed by atoms with Crippen molar-refractivity contribution in [2.45, 2.75) is 70.3 Å². The molecule has 5 N–H and O–H groups in total. The standard InChI is InChI=1S/C23H33FN6O4/c1-11-4-13-6-14(8-23(3,32)7-13)19(11)26-22-27-20(25-17-5-12(2)29-30-17)18(24)21(28-22)34-16-10-33-9-15(16)31/h5,11,13-16,19,31-32H,4,6-10H2,1-3H3,(H3,25,26,27,28,29,30). The monoisotopic (exact) mass is 476 g/mol. The molecule has 7 atom stereocenters. The molecular formula is C23H33FN6O4. The number of fused-ring (bicyclic) bond motifs is 2. The summed E-state index contributed by atoms with van der Waals surface area (Å²) in [5.74, 6) is 0.609. The maximum Gasteiger partial charge on any atom is 0.258 e. The number of rotatable bonds is 6. The van der Waals surface area contributed by atoms with Gasteiger partial charge in [-0.3, -0.25) is 5.10 Å². The van der Waals surface area contributed by atoms with E-state index in [-0.39, 0.29) is 42.8 Å². The van der Waals surface area contributed by atoms with E-state index in [4.69, 9.17) is 9.47 Å². The number of H-pyrrole nitrogens is 1. The maximum absolute atomic E-state index is 15.4. The first-order valence-electron chi connectivity index (χ1n) is 11.9. The summed E-state index contributed by atoms with van der Waals surface area (Å²) in [5, 5.41) is 34.0. The Bertz CT molecular complexity index is 1030. The molecule has 10 nitrogen and oxygen atoms in total. The number of aliphatic hydroxyl groups is 2. The molecule has 11 heteroatoms. The second-order valence-corrected chi connectivity index (χ2v) is 10.5. The molecule has 0 amide bonds. The lowest BCUT2D eigenvalue weighted by Gasteiger charge is -2.49. The van der Waals surface area contributed by atoms with E-state index in [0.29, 0.717) is 24.1 Å². The Morgan fingerprint density at radius 2 is 2.09 bits per heavy atom. The zero-order valence-electron chi connectivity index (χ0n) is 19.7. The molecule has 2 bridgehead atoms. The Labute approximate surface area is 197 Å². The van der Waals surface area contributed by atoms with E-state index in [1.165, 1.54) is 0 Å². The van der Waals surface area contributed by atoms with Crippen LogP contribution in [0.15, 0.2) is 6.07 Å². The van der Waals surface area contributed by atoms with E-state index < -0.39 is 23.6 Å². The van der Waals surface area contributed by atoms with Gasteiger partial charge in [-0.15, -0.1) is 0 Å². The lowest BCUT2D eigenvalue weighted by molar-refractivity contribution is -0.0502. The smallest absolute Gasteiger partial charge is 0.258 e. The summed E-state index contributed by atoms with van der Waals surface area (Å²) < 4.78 is 26.3. The molecule has 3 heterocycles. The summed E-state index contributed by atoms with van der Waals surface area (Å²) in [6.07, 6.45) is 1.97. The minimum Gasteiger partial charge on any atom is -0.467 e. The van der Waals surface area contributed by atoms with E-state index >= 15 is 4.39 Å². The Morgan fingerprint density at radius 1 is 1.26 bits per heavy atom. The van der Waals surface area contributed by atoms with Crippen LogP contribution in [0.3, 0.4) is 0 Å². The average molecular weight is 477 g/mol. The zero-order chi connectivity index (χ0) is 24.0. The molecule has 0 spiro atoms. The van der Waals surface area contributed by atoms with Crippen molar-refractivity contribution in [1.82, 2.24) is 20.2 Å². The molecule has 2 aliphatic carbocycles. The van der Waals surface area contributed by atoms with Crippen molar-refractivity contribution in [3.05, 3.63) is 17.6 Å². The van der Waals surface area contributed by atoms with Crippen molar-refractivity contribution >= 4 is 17.6 Å². The molecule has 1 aliphatic heterocycles. The molecule has 2 saturated carbocycles. The summed E-state index contributed by atoms with van der Waals surface area (Å²) in [4.78, 5) is 8.73. The van der Waals surface area contributed by atoms with Crippen molar-refractivity contribution in [3.63, 3.8) is 0 Å². The first kappa shape index (κ1) is 23.3. The predicted molar refractivity (Wildman–Crippen MR) is 122 cm³/mol. The first-order valence-corrected chi connectivity index (χ1v) is 11.9. The minimum atomic E-state index is -0.865. The van der Waals surface area contributed by atoms with Crippen molar-refractivity contribution in [2.24, 2.45) is 17.8 Å². The van der Waals surface area contributed by atoms with Crippen LogP contribution >= 0.6 is 0 Å². The van der Waals surface area contributed by atoms with Gasteiger partial charge in [0, 0.05) is 17.8 Å². The fraction of sp³-hybridized carbons (Fsp3) is 0.696. The minimum absolute atomic E-state index is 0.0298. The molecule has 186 valence electrons. The molecule has 3 aliphatic rings. The van der Waals surface area contributed by atoms with E-state index in [1.54, 1.807) is 6.07 Å². The largest absolute Gasteiger partial charge is 0.467 e. The van der Waals surface area contributed by atoms with Crippen molar-refractivity contribution in [3.8, 4) is 5.88 Å². The quantitative estimate of drug-likeness (QED) is 0.426. The molecular weight excluding hydrogens is 443 g/mol. The number of anilines is 3. The van der Waals surface area contributed by atoms with Gasteiger partial charge in [-0.2, -0.15) is 19.5 Å². The fourth-order valence-corrected chi connectivity index (χ4v) is 5.90. The van der Waals surface area contributed by atoms with Crippen molar-refractivity contribution < 1.29 is 24.1 Å². The number of hydrogen-bond acceptors (Lipinski definition) is 9. The normalized spacial score (nSPS) is 35.2. The number of nitrogens with zero attached hydrogens (tertiary/aromatic N) is 3. The molecule has 5 rings (SSSR count). The molecule has 2 aromatic rings. The lowest BCUT2D eigenvalue weighted by atomic mass is 9.61. The average Bonchev–Trinajstić information content (AvgIpc) is 3.34. The third kappa shape index (κ3) is 4.82. The highest BCUT2D eigenvalue weighted by Crippen LogP contribution is 2.47. The number of aromatic amines is 1. The third-order valence-corrected chi connectivity index (χ3v) is 7.22. The van der Waals surface area contributed by atoms with Crippen LogP contribution < -0.4 is 15.4 Å². The predicted octanol–water partition coefficient (Wildman–Crippen LogP) is 2.52.